The van der Waals surface area contributed by atoms with Crippen LogP contribution < -0.4 is 5.32 Å². The number of benzene rings is 2. The average molecular weight is 340 g/mol. The van der Waals surface area contributed by atoms with Gasteiger partial charge in [-0.3, -0.25) is 0 Å². The fraction of sp³-hybridized carbons (Fsp3) is 0.250. The SMILES string of the molecule is CCNC(c1ccc(F)cc1F)c1cc(C)ccc1Br. The lowest BCUT2D eigenvalue weighted by Crippen LogP contribution is -2.23. The van der Waals surface area contributed by atoms with Crippen molar-refractivity contribution in [2.75, 3.05) is 6.54 Å². The van der Waals surface area contributed by atoms with Crippen molar-refractivity contribution in [1.82, 2.24) is 5.32 Å². The van der Waals surface area contributed by atoms with Crippen LogP contribution >= 0.6 is 15.9 Å². The smallest absolute Gasteiger partial charge is 0.131 e. The average Bonchev–Trinajstić information content (AvgIpc) is 2.40. The Morgan fingerprint density at radius 3 is 2.50 bits per heavy atom. The Kier molecular flexibility index (Phi) is 4.89. The van der Waals surface area contributed by atoms with E-state index in [2.05, 4.69) is 21.2 Å². The Morgan fingerprint density at radius 1 is 1.10 bits per heavy atom. The number of hydrogen-bond donors (Lipinski definition) is 1. The highest BCUT2D eigenvalue weighted by Crippen LogP contribution is 2.31. The van der Waals surface area contributed by atoms with Crippen LogP contribution in [0.15, 0.2) is 40.9 Å². The molecule has 0 amide bonds. The Morgan fingerprint density at radius 2 is 1.85 bits per heavy atom. The molecule has 0 aliphatic heterocycles. The Hall–Kier alpha value is -1.26. The van der Waals surface area contributed by atoms with Gasteiger partial charge in [0.1, 0.15) is 11.6 Å². The van der Waals surface area contributed by atoms with Crippen LogP contribution in [-0.4, -0.2) is 6.54 Å². The first-order valence-electron chi connectivity index (χ1n) is 6.47. The highest BCUT2D eigenvalue weighted by Gasteiger charge is 2.19. The summed E-state index contributed by atoms with van der Waals surface area (Å²) >= 11 is 3.50. The molecule has 2 aromatic rings. The third-order valence-electron chi connectivity index (χ3n) is 3.14. The van der Waals surface area contributed by atoms with Crippen molar-refractivity contribution < 1.29 is 8.78 Å². The van der Waals surface area contributed by atoms with E-state index in [1.165, 1.54) is 12.1 Å². The van der Waals surface area contributed by atoms with E-state index in [-0.39, 0.29) is 6.04 Å². The quantitative estimate of drug-likeness (QED) is 0.848. The summed E-state index contributed by atoms with van der Waals surface area (Å²) in [6.45, 7) is 4.62. The predicted molar refractivity (Wildman–Crippen MR) is 80.8 cm³/mol. The molecule has 0 bridgehead atoms. The molecule has 2 rings (SSSR count). The zero-order valence-electron chi connectivity index (χ0n) is 11.4. The molecule has 4 heteroatoms. The van der Waals surface area contributed by atoms with Crippen molar-refractivity contribution in [3.8, 4) is 0 Å². The fourth-order valence-electron chi connectivity index (χ4n) is 2.21. The molecule has 1 unspecified atom stereocenters. The minimum absolute atomic E-state index is 0.310. The Labute approximate surface area is 126 Å². The van der Waals surface area contributed by atoms with Crippen LogP contribution in [0.3, 0.4) is 0 Å². The van der Waals surface area contributed by atoms with E-state index < -0.39 is 11.6 Å². The first kappa shape index (κ1) is 15.1. The van der Waals surface area contributed by atoms with Crippen LogP contribution in [0.4, 0.5) is 8.78 Å². The first-order chi connectivity index (χ1) is 9.52. The van der Waals surface area contributed by atoms with Gasteiger partial charge in [-0.1, -0.05) is 46.6 Å². The lowest BCUT2D eigenvalue weighted by atomic mass is 9.96. The van der Waals surface area contributed by atoms with Gasteiger partial charge in [0.15, 0.2) is 0 Å². The summed E-state index contributed by atoms with van der Waals surface area (Å²) in [6, 6.07) is 9.31. The summed E-state index contributed by atoms with van der Waals surface area (Å²) in [4.78, 5) is 0. The van der Waals surface area contributed by atoms with Crippen LogP contribution in [0.2, 0.25) is 0 Å². The number of aryl methyl sites for hydroxylation is 1. The zero-order valence-corrected chi connectivity index (χ0v) is 13.0. The highest BCUT2D eigenvalue weighted by atomic mass is 79.9. The van der Waals surface area contributed by atoms with Gasteiger partial charge in [-0.25, -0.2) is 8.78 Å². The van der Waals surface area contributed by atoms with E-state index in [0.717, 1.165) is 21.7 Å². The fourth-order valence-corrected chi connectivity index (χ4v) is 2.69. The summed E-state index contributed by atoms with van der Waals surface area (Å²) in [5, 5.41) is 3.25. The van der Waals surface area contributed by atoms with E-state index in [0.29, 0.717) is 12.1 Å². The first-order valence-corrected chi connectivity index (χ1v) is 7.26. The van der Waals surface area contributed by atoms with E-state index in [1.54, 1.807) is 0 Å². The second-order valence-electron chi connectivity index (χ2n) is 4.68. The minimum Gasteiger partial charge on any atom is -0.306 e. The predicted octanol–water partition coefficient (Wildman–Crippen LogP) is 4.73. The maximum absolute atomic E-state index is 14.0. The van der Waals surface area contributed by atoms with E-state index in [4.69, 9.17) is 0 Å². The maximum Gasteiger partial charge on any atom is 0.131 e. The van der Waals surface area contributed by atoms with Gasteiger partial charge in [-0.2, -0.15) is 0 Å². The molecule has 1 N–H and O–H groups in total. The van der Waals surface area contributed by atoms with Crippen LogP contribution in [0, 0.1) is 18.6 Å². The number of rotatable bonds is 4. The summed E-state index contributed by atoms with van der Waals surface area (Å²) < 4.78 is 28.0. The maximum atomic E-state index is 14.0. The van der Waals surface area contributed by atoms with Gasteiger partial charge in [0.05, 0.1) is 6.04 Å². The monoisotopic (exact) mass is 339 g/mol. The second kappa shape index (κ2) is 6.46. The summed E-state index contributed by atoms with van der Waals surface area (Å²) in [5.41, 5.74) is 2.48. The molecule has 0 fully saturated rings. The van der Waals surface area contributed by atoms with E-state index >= 15 is 0 Å². The molecule has 0 radical (unpaired) electrons. The van der Waals surface area contributed by atoms with Crippen molar-refractivity contribution >= 4 is 15.9 Å². The summed E-state index contributed by atoms with van der Waals surface area (Å²) in [5.74, 6) is -1.10. The molecule has 0 saturated carbocycles. The molecule has 0 aromatic heterocycles. The third-order valence-corrected chi connectivity index (χ3v) is 3.87. The molecule has 106 valence electrons. The third kappa shape index (κ3) is 3.25. The molecule has 0 aliphatic rings. The van der Waals surface area contributed by atoms with Gasteiger partial charge in [0, 0.05) is 16.1 Å². The summed E-state index contributed by atoms with van der Waals surface area (Å²) in [7, 11) is 0. The molecule has 0 saturated heterocycles. The molecule has 1 nitrogen and oxygen atoms in total. The summed E-state index contributed by atoms with van der Waals surface area (Å²) in [6.07, 6.45) is 0. The van der Waals surface area contributed by atoms with Crippen molar-refractivity contribution in [2.24, 2.45) is 0 Å². The standard InChI is InChI=1S/C16H16BrF2N/c1-3-20-16(12-6-5-11(18)9-15(12)19)13-8-10(2)4-7-14(13)17/h4-9,16,20H,3H2,1-2H3. The topological polar surface area (TPSA) is 12.0 Å². The number of halogens is 3. The van der Waals surface area contributed by atoms with Crippen LogP contribution in [0.1, 0.15) is 29.7 Å². The second-order valence-corrected chi connectivity index (χ2v) is 5.54. The van der Waals surface area contributed by atoms with Gasteiger partial charge in [0.25, 0.3) is 0 Å². The highest BCUT2D eigenvalue weighted by molar-refractivity contribution is 9.10. The van der Waals surface area contributed by atoms with Gasteiger partial charge < -0.3 is 5.32 Å². The minimum atomic E-state index is -0.565. The van der Waals surface area contributed by atoms with Gasteiger partial charge in [-0.15, -0.1) is 0 Å². The molecule has 20 heavy (non-hydrogen) atoms. The molecule has 1 atom stereocenters. The Balaban J connectivity index is 2.53. The molecular formula is C16H16BrF2N. The van der Waals surface area contributed by atoms with Gasteiger partial charge in [0.2, 0.25) is 0 Å². The lowest BCUT2D eigenvalue weighted by molar-refractivity contribution is 0.540. The molecule has 0 heterocycles. The zero-order chi connectivity index (χ0) is 14.7. The Bertz CT molecular complexity index is 613. The van der Waals surface area contributed by atoms with Crippen molar-refractivity contribution in [3.05, 3.63) is 69.2 Å². The van der Waals surface area contributed by atoms with Crippen molar-refractivity contribution in [3.63, 3.8) is 0 Å². The van der Waals surface area contributed by atoms with Crippen molar-refractivity contribution in [2.45, 2.75) is 19.9 Å². The van der Waals surface area contributed by atoms with E-state index in [9.17, 15) is 8.78 Å². The van der Waals surface area contributed by atoms with Crippen LogP contribution in [0.25, 0.3) is 0 Å². The lowest BCUT2D eigenvalue weighted by Gasteiger charge is -2.21. The van der Waals surface area contributed by atoms with Gasteiger partial charge in [-0.05, 0) is 31.2 Å². The van der Waals surface area contributed by atoms with Gasteiger partial charge >= 0.3 is 0 Å². The molecular weight excluding hydrogens is 324 g/mol. The van der Waals surface area contributed by atoms with Crippen LogP contribution in [0.5, 0.6) is 0 Å². The van der Waals surface area contributed by atoms with Crippen molar-refractivity contribution in [1.29, 1.82) is 0 Å². The molecule has 0 aliphatic carbocycles. The number of hydrogen-bond acceptors (Lipinski definition) is 1. The molecule has 2 aromatic carbocycles. The largest absolute Gasteiger partial charge is 0.306 e. The molecule has 0 spiro atoms. The number of nitrogens with one attached hydrogen (secondary N) is 1. The normalized spacial score (nSPS) is 12.4. The van der Waals surface area contributed by atoms with E-state index in [1.807, 2.05) is 32.0 Å². The van der Waals surface area contributed by atoms with Crippen LogP contribution in [-0.2, 0) is 0 Å².